The van der Waals surface area contributed by atoms with Gasteiger partial charge in [0.1, 0.15) is 11.6 Å². The maximum Gasteiger partial charge on any atom is 0.335 e. The van der Waals surface area contributed by atoms with Gasteiger partial charge in [-0.1, -0.05) is 27.2 Å². The Hall–Kier alpha value is -2.66. The van der Waals surface area contributed by atoms with E-state index in [9.17, 15) is 24.6 Å². The minimum absolute atomic E-state index is 0. The zero-order valence-electron chi connectivity index (χ0n) is 24.4. The second kappa shape index (κ2) is 14.0. The number of aliphatic hydroxyl groups excluding tert-OH is 1. The summed E-state index contributed by atoms with van der Waals surface area (Å²) in [4.78, 5) is 42.4. The fraction of sp³-hybridized carbons (Fsp3) is 0.586. The summed E-state index contributed by atoms with van der Waals surface area (Å²) >= 11 is 0. The van der Waals surface area contributed by atoms with Crippen LogP contribution in [0.25, 0.3) is 5.69 Å². The van der Waals surface area contributed by atoms with Gasteiger partial charge in [-0.15, -0.1) is 24.8 Å². The second-order valence-electron chi connectivity index (χ2n) is 11.3. The molecule has 1 spiro atoms. The molecule has 3 N–H and O–H groups in total. The molecule has 4 rings (SSSR count). The summed E-state index contributed by atoms with van der Waals surface area (Å²) in [5.74, 6) is -1.45. The highest BCUT2D eigenvalue weighted by molar-refractivity contribution is 6.00. The number of piperazine rings is 1. The number of aromatic carboxylic acids is 1. The highest BCUT2D eigenvalue weighted by Crippen LogP contribution is 2.35. The van der Waals surface area contributed by atoms with Gasteiger partial charge < -0.3 is 20.4 Å². The SMILES string of the molecule is CCCCN1C(=O)[C@@H]([C@H](O)C(C)C)NC(=O)C12CCN(Cc1c(C)nn(-c3ccc(C(=O)O)cc3)c1C)CC2.Cl.Cl. The first-order chi connectivity index (χ1) is 18.5. The van der Waals surface area contributed by atoms with E-state index in [2.05, 4.69) is 17.1 Å². The third-order valence-electron chi connectivity index (χ3n) is 8.38. The van der Waals surface area contributed by atoms with Crippen LogP contribution in [0.5, 0.6) is 0 Å². The minimum Gasteiger partial charge on any atom is -0.478 e. The Bertz CT molecular complexity index is 1220. The normalized spacial score (nSPS) is 19.5. The number of piperidine rings is 1. The van der Waals surface area contributed by atoms with E-state index in [-0.39, 0.29) is 48.1 Å². The lowest BCUT2D eigenvalue weighted by Gasteiger charge is -2.52. The Morgan fingerprint density at radius 2 is 1.73 bits per heavy atom. The average Bonchev–Trinajstić information content (AvgIpc) is 3.19. The minimum atomic E-state index is -0.966. The lowest BCUT2D eigenvalue weighted by atomic mass is 9.80. The molecule has 0 bridgehead atoms. The summed E-state index contributed by atoms with van der Waals surface area (Å²) in [6.07, 6.45) is 1.85. The van der Waals surface area contributed by atoms with Crippen LogP contribution in [-0.2, 0) is 16.1 Å². The van der Waals surface area contributed by atoms with Gasteiger partial charge in [0.2, 0.25) is 11.8 Å². The Kier molecular flexibility index (Phi) is 11.8. The molecule has 2 atom stereocenters. The van der Waals surface area contributed by atoms with Gasteiger partial charge >= 0.3 is 5.97 Å². The summed E-state index contributed by atoms with van der Waals surface area (Å²) < 4.78 is 1.83. The number of aromatic nitrogens is 2. The van der Waals surface area contributed by atoms with Crippen molar-refractivity contribution in [1.29, 1.82) is 0 Å². The van der Waals surface area contributed by atoms with Gasteiger partial charge in [0.05, 0.1) is 23.0 Å². The topological polar surface area (TPSA) is 128 Å². The molecule has 0 radical (unpaired) electrons. The van der Waals surface area contributed by atoms with Crippen LogP contribution in [0.15, 0.2) is 24.3 Å². The van der Waals surface area contributed by atoms with Gasteiger partial charge in [-0.2, -0.15) is 5.10 Å². The van der Waals surface area contributed by atoms with Gasteiger partial charge in [-0.3, -0.25) is 14.5 Å². The lowest BCUT2D eigenvalue weighted by molar-refractivity contribution is -0.165. The lowest BCUT2D eigenvalue weighted by Crippen LogP contribution is -2.74. The highest BCUT2D eigenvalue weighted by Gasteiger charge is 2.54. The first-order valence-electron chi connectivity index (χ1n) is 13.9. The molecule has 2 aromatic rings. The number of nitrogens with one attached hydrogen (secondary N) is 1. The average molecular weight is 613 g/mol. The molecule has 2 amide bonds. The molecule has 12 heteroatoms. The van der Waals surface area contributed by atoms with Crippen molar-refractivity contribution in [2.24, 2.45) is 5.92 Å². The molecule has 0 unspecified atom stereocenters. The third-order valence-corrected chi connectivity index (χ3v) is 8.38. The van der Waals surface area contributed by atoms with Crippen molar-refractivity contribution < 1.29 is 24.6 Å². The number of rotatable bonds is 9. The summed E-state index contributed by atoms with van der Waals surface area (Å²) in [7, 11) is 0. The first-order valence-corrected chi connectivity index (χ1v) is 13.9. The van der Waals surface area contributed by atoms with Gasteiger partial charge in [0, 0.05) is 37.4 Å². The zero-order chi connectivity index (χ0) is 28.5. The number of nitrogens with zero attached hydrogens (tertiary/aromatic N) is 4. The number of aryl methyl sites for hydroxylation is 1. The van der Waals surface area contributed by atoms with Gasteiger partial charge in [0.25, 0.3) is 0 Å². The molecule has 2 fully saturated rings. The summed E-state index contributed by atoms with van der Waals surface area (Å²) in [6, 6.07) is 5.75. The number of carbonyl (C=O) groups excluding carboxylic acids is 2. The molecule has 2 aliphatic heterocycles. The van der Waals surface area contributed by atoms with E-state index < -0.39 is 23.7 Å². The predicted octanol–water partition coefficient (Wildman–Crippen LogP) is 3.51. The molecule has 2 aliphatic rings. The van der Waals surface area contributed by atoms with Crippen molar-refractivity contribution >= 4 is 42.6 Å². The third kappa shape index (κ3) is 6.71. The molecule has 10 nitrogen and oxygen atoms in total. The van der Waals surface area contributed by atoms with Crippen LogP contribution in [0.2, 0.25) is 0 Å². The van der Waals surface area contributed by atoms with Crippen LogP contribution in [0.3, 0.4) is 0 Å². The van der Waals surface area contributed by atoms with E-state index >= 15 is 0 Å². The van der Waals surface area contributed by atoms with Crippen molar-refractivity contribution in [3.05, 3.63) is 46.8 Å². The first kappa shape index (κ1) is 34.5. The number of carbonyl (C=O) groups is 3. The number of carboxylic acid groups (broad SMARTS) is 1. The van der Waals surface area contributed by atoms with Gasteiger partial charge in [-0.25, -0.2) is 9.48 Å². The van der Waals surface area contributed by atoms with Crippen LogP contribution < -0.4 is 5.32 Å². The van der Waals surface area contributed by atoms with Crippen LogP contribution >= 0.6 is 24.8 Å². The van der Waals surface area contributed by atoms with Crippen molar-refractivity contribution in [3.63, 3.8) is 0 Å². The molecule has 0 saturated carbocycles. The molecule has 2 saturated heterocycles. The maximum absolute atomic E-state index is 13.5. The fourth-order valence-corrected chi connectivity index (χ4v) is 5.80. The number of halogens is 2. The highest BCUT2D eigenvalue weighted by atomic mass is 35.5. The number of unbranched alkanes of at least 4 members (excludes halogenated alkanes) is 1. The summed E-state index contributed by atoms with van der Waals surface area (Å²) in [5, 5.41) is 27.4. The Morgan fingerprint density at radius 1 is 1.12 bits per heavy atom. The van der Waals surface area contributed by atoms with Crippen LogP contribution in [0.4, 0.5) is 0 Å². The monoisotopic (exact) mass is 611 g/mol. The van der Waals surface area contributed by atoms with E-state index in [4.69, 9.17) is 5.10 Å². The van der Waals surface area contributed by atoms with E-state index in [1.807, 2.05) is 32.4 Å². The molecular weight excluding hydrogens is 569 g/mol. The Labute approximate surface area is 254 Å². The molecule has 228 valence electrons. The van der Waals surface area contributed by atoms with Crippen molar-refractivity contribution in [1.82, 2.24) is 24.9 Å². The Morgan fingerprint density at radius 3 is 2.27 bits per heavy atom. The smallest absolute Gasteiger partial charge is 0.335 e. The van der Waals surface area contributed by atoms with Crippen LogP contribution in [0, 0.1) is 19.8 Å². The van der Waals surface area contributed by atoms with Gasteiger partial charge in [-0.05, 0) is 63.3 Å². The molecular formula is C29H43Cl2N5O5. The molecule has 3 heterocycles. The van der Waals surface area contributed by atoms with Crippen LogP contribution in [0.1, 0.15) is 73.8 Å². The maximum atomic E-state index is 13.5. The number of hydrogen-bond acceptors (Lipinski definition) is 6. The number of carboxylic acids is 1. The molecule has 1 aromatic heterocycles. The number of hydrogen-bond donors (Lipinski definition) is 3. The predicted molar refractivity (Wildman–Crippen MR) is 161 cm³/mol. The standard InChI is InChI=1S/C29H41N5O5.2ClH/c1-6-7-14-33-26(36)24(25(35)18(2)3)30-28(39)29(33)12-15-32(16-13-29)17-23-19(4)31-34(20(23)5)22-10-8-21(9-11-22)27(37)38;;/h8-11,18,24-25,35H,6-7,12-17H2,1-5H3,(H,30,39)(H,37,38);2*1H/t24-,25-;;/m1../s1. The second-order valence-corrected chi connectivity index (χ2v) is 11.3. The fourth-order valence-electron chi connectivity index (χ4n) is 5.80. The summed E-state index contributed by atoms with van der Waals surface area (Å²) in [6.45, 7) is 12.2. The van der Waals surface area contributed by atoms with Crippen molar-refractivity contribution in [3.8, 4) is 5.69 Å². The summed E-state index contributed by atoms with van der Waals surface area (Å²) in [5.41, 5.74) is 3.11. The van der Waals surface area contributed by atoms with E-state index in [0.717, 1.165) is 35.5 Å². The number of amides is 2. The molecule has 0 aliphatic carbocycles. The number of likely N-dealkylation sites (tertiary alicyclic amines) is 1. The Balaban J connectivity index is 0.00000294. The van der Waals surface area contributed by atoms with Crippen LogP contribution in [-0.4, -0.2) is 84.9 Å². The molecule has 41 heavy (non-hydrogen) atoms. The van der Waals surface area contributed by atoms with Crippen molar-refractivity contribution in [2.45, 2.75) is 84.5 Å². The largest absolute Gasteiger partial charge is 0.478 e. The van der Waals surface area contributed by atoms with Crippen molar-refractivity contribution in [2.75, 3.05) is 19.6 Å². The zero-order valence-corrected chi connectivity index (χ0v) is 26.1. The molecule has 1 aromatic carbocycles. The number of aliphatic hydroxyl groups is 1. The van der Waals surface area contributed by atoms with Gasteiger partial charge in [0.15, 0.2) is 0 Å². The van der Waals surface area contributed by atoms with E-state index in [1.165, 1.54) is 0 Å². The quantitative estimate of drug-likeness (QED) is 0.396. The van der Waals surface area contributed by atoms with E-state index in [1.54, 1.807) is 29.2 Å². The number of benzene rings is 1. The van der Waals surface area contributed by atoms with E-state index in [0.29, 0.717) is 39.0 Å².